The number of nitrogens with one attached hydrogen (secondary N) is 1. The Hall–Kier alpha value is -3.82. The van der Waals surface area contributed by atoms with Crippen LogP contribution in [-0.2, 0) is 19.4 Å². The number of sulfone groups is 1. The number of furan rings is 1. The molecule has 2 aromatic heterocycles. The van der Waals surface area contributed by atoms with Crippen LogP contribution < -0.4 is 5.32 Å². The molecule has 0 bridgehead atoms. The standard InChI is InChI=1S/C21H18N4O6S2/c1-3-30-19(27)14-7-5-6-13(10-14)17-9-8-16(31-17)11-15(12-22)18(26)23-20-24-21(25-32-20)33(28,29)4-2/h5-11H,3-4H2,1-2H3,(H,23,24,25,26). The molecule has 0 saturated carbocycles. The molecule has 0 spiro atoms. The number of nitrogens with zero attached hydrogens (tertiary/aromatic N) is 3. The van der Waals surface area contributed by atoms with Gasteiger partial charge in [-0.2, -0.15) is 14.6 Å². The Morgan fingerprint density at radius 3 is 2.76 bits per heavy atom. The first-order chi connectivity index (χ1) is 15.8. The minimum absolute atomic E-state index is 0.0518. The number of ether oxygens (including phenoxy) is 1. The third kappa shape index (κ3) is 5.71. The van der Waals surface area contributed by atoms with E-state index in [0.717, 1.165) is 0 Å². The van der Waals surface area contributed by atoms with Crippen molar-refractivity contribution in [1.82, 2.24) is 9.36 Å². The lowest BCUT2D eigenvalue weighted by atomic mass is 10.1. The fourth-order valence-electron chi connectivity index (χ4n) is 2.57. The Kier molecular flexibility index (Phi) is 7.37. The lowest BCUT2D eigenvalue weighted by Gasteiger charge is -2.03. The van der Waals surface area contributed by atoms with Crippen LogP contribution in [0.3, 0.4) is 0 Å². The zero-order valence-corrected chi connectivity index (χ0v) is 19.2. The SMILES string of the molecule is CCOC(=O)c1cccc(-c2ccc(C=C(C#N)C(=O)Nc3nc(S(=O)(=O)CC)ns3)o2)c1. The zero-order valence-electron chi connectivity index (χ0n) is 17.6. The largest absolute Gasteiger partial charge is 0.462 e. The fourth-order valence-corrected chi connectivity index (χ4v) is 4.15. The van der Waals surface area contributed by atoms with E-state index in [0.29, 0.717) is 28.4 Å². The van der Waals surface area contributed by atoms with Gasteiger partial charge in [0.1, 0.15) is 23.2 Å². The second-order valence-corrected chi connectivity index (χ2v) is 9.34. The van der Waals surface area contributed by atoms with Gasteiger partial charge in [-0.25, -0.2) is 13.2 Å². The third-order valence-corrected chi connectivity index (χ3v) is 6.47. The summed E-state index contributed by atoms with van der Waals surface area (Å²) in [5.41, 5.74) is 0.689. The van der Waals surface area contributed by atoms with Gasteiger partial charge in [0.25, 0.3) is 11.1 Å². The molecule has 10 nitrogen and oxygen atoms in total. The molecule has 0 aliphatic carbocycles. The zero-order chi connectivity index (χ0) is 24.0. The second kappa shape index (κ2) is 10.2. The summed E-state index contributed by atoms with van der Waals surface area (Å²) in [7, 11) is -3.61. The van der Waals surface area contributed by atoms with Crippen molar-refractivity contribution in [1.29, 1.82) is 5.26 Å². The van der Waals surface area contributed by atoms with Gasteiger partial charge in [-0.1, -0.05) is 19.1 Å². The number of aromatic nitrogens is 2. The molecule has 33 heavy (non-hydrogen) atoms. The maximum absolute atomic E-state index is 12.4. The number of esters is 1. The number of amides is 1. The Labute approximate surface area is 193 Å². The molecule has 0 aliphatic rings. The molecule has 12 heteroatoms. The molecule has 1 N–H and O–H groups in total. The van der Waals surface area contributed by atoms with Gasteiger partial charge in [0.15, 0.2) is 0 Å². The van der Waals surface area contributed by atoms with E-state index < -0.39 is 21.7 Å². The summed E-state index contributed by atoms with van der Waals surface area (Å²) in [6.07, 6.45) is 1.23. The first kappa shape index (κ1) is 23.8. The smallest absolute Gasteiger partial charge is 0.338 e. The van der Waals surface area contributed by atoms with Gasteiger partial charge in [-0.05, 0) is 31.2 Å². The number of hydrogen-bond donors (Lipinski definition) is 1. The van der Waals surface area contributed by atoms with Crippen LogP contribution in [0.4, 0.5) is 5.13 Å². The summed E-state index contributed by atoms with van der Waals surface area (Å²) in [6, 6.07) is 11.6. The van der Waals surface area contributed by atoms with Gasteiger partial charge < -0.3 is 9.15 Å². The molecule has 3 rings (SSSR count). The monoisotopic (exact) mass is 486 g/mol. The van der Waals surface area contributed by atoms with Crippen molar-refractivity contribution >= 4 is 44.5 Å². The predicted molar refractivity (Wildman–Crippen MR) is 120 cm³/mol. The van der Waals surface area contributed by atoms with Crippen molar-refractivity contribution < 1.29 is 27.2 Å². The van der Waals surface area contributed by atoms with E-state index in [1.807, 2.05) is 0 Å². The Morgan fingerprint density at radius 1 is 1.27 bits per heavy atom. The van der Waals surface area contributed by atoms with Crippen LogP contribution in [-0.4, -0.2) is 42.0 Å². The van der Waals surface area contributed by atoms with Gasteiger partial charge in [0, 0.05) is 23.2 Å². The van der Waals surface area contributed by atoms with Crippen molar-refractivity contribution in [2.75, 3.05) is 17.7 Å². The molecule has 3 aromatic rings. The number of hydrogen-bond acceptors (Lipinski definition) is 10. The first-order valence-electron chi connectivity index (χ1n) is 9.64. The lowest BCUT2D eigenvalue weighted by Crippen LogP contribution is -2.13. The van der Waals surface area contributed by atoms with Crippen LogP contribution in [0, 0.1) is 11.3 Å². The highest BCUT2D eigenvalue weighted by Gasteiger charge is 2.20. The summed E-state index contributed by atoms with van der Waals surface area (Å²) >= 11 is 0.693. The molecule has 170 valence electrons. The summed E-state index contributed by atoms with van der Waals surface area (Å²) < 4.78 is 38.0. The first-order valence-corrected chi connectivity index (χ1v) is 12.1. The number of benzene rings is 1. The van der Waals surface area contributed by atoms with E-state index in [9.17, 15) is 23.3 Å². The van der Waals surface area contributed by atoms with Crippen molar-refractivity contribution in [2.24, 2.45) is 0 Å². The Morgan fingerprint density at radius 2 is 2.06 bits per heavy atom. The molecule has 0 atom stereocenters. The molecule has 0 unspecified atom stereocenters. The van der Waals surface area contributed by atoms with Crippen LogP contribution in [0.15, 0.2) is 51.5 Å². The molecule has 0 fully saturated rings. The van der Waals surface area contributed by atoms with E-state index in [-0.39, 0.29) is 34.0 Å². The molecule has 0 saturated heterocycles. The Bertz CT molecular complexity index is 1370. The van der Waals surface area contributed by atoms with Gasteiger partial charge >= 0.3 is 5.97 Å². The highest BCUT2D eigenvalue weighted by molar-refractivity contribution is 7.91. The van der Waals surface area contributed by atoms with Crippen LogP contribution in [0.1, 0.15) is 30.0 Å². The third-order valence-electron chi connectivity index (χ3n) is 4.22. The maximum atomic E-state index is 12.4. The number of rotatable bonds is 8. The fraction of sp³-hybridized carbons (Fsp3) is 0.190. The second-order valence-electron chi connectivity index (χ2n) is 6.41. The quantitative estimate of drug-likeness (QED) is 0.287. The van der Waals surface area contributed by atoms with Crippen molar-refractivity contribution in [3.8, 4) is 17.4 Å². The number of anilines is 1. The van der Waals surface area contributed by atoms with Crippen molar-refractivity contribution in [2.45, 2.75) is 19.0 Å². The van der Waals surface area contributed by atoms with Gasteiger partial charge in [-0.3, -0.25) is 10.1 Å². The number of nitriles is 1. The lowest BCUT2D eigenvalue weighted by molar-refractivity contribution is -0.112. The molecule has 1 aromatic carbocycles. The van der Waals surface area contributed by atoms with Crippen molar-refractivity contribution in [3.63, 3.8) is 0 Å². The molecule has 0 radical (unpaired) electrons. The maximum Gasteiger partial charge on any atom is 0.338 e. The van der Waals surface area contributed by atoms with Crippen LogP contribution in [0.2, 0.25) is 0 Å². The highest BCUT2D eigenvalue weighted by atomic mass is 32.2. The topological polar surface area (TPSA) is 152 Å². The van der Waals surface area contributed by atoms with Gasteiger partial charge in [-0.15, -0.1) is 0 Å². The van der Waals surface area contributed by atoms with Crippen LogP contribution in [0.25, 0.3) is 17.4 Å². The summed E-state index contributed by atoms with van der Waals surface area (Å²) in [6.45, 7) is 3.42. The highest BCUT2D eigenvalue weighted by Crippen LogP contribution is 2.25. The average Bonchev–Trinajstić information content (AvgIpc) is 3.48. The summed E-state index contributed by atoms with van der Waals surface area (Å²) in [4.78, 5) is 28.1. The van der Waals surface area contributed by atoms with Crippen molar-refractivity contribution in [3.05, 3.63) is 53.3 Å². The van der Waals surface area contributed by atoms with Crippen LogP contribution >= 0.6 is 11.5 Å². The molecule has 0 aliphatic heterocycles. The molecular formula is C21H18N4O6S2. The predicted octanol–water partition coefficient (Wildman–Crippen LogP) is 3.31. The van der Waals surface area contributed by atoms with E-state index in [4.69, 9.17) is 9.15 Å². The van der Waals surface area contributed by atoms with E-state index in [1.165, 1.54) is 13.0 Å². The number of carbonyl (C=O) groups is 2. The molecular weight excluding hydrogens is 468 g/mol. The number of carbonyl (C=O) groups excluding carboxylic acids is 2. The van der Waals surface area contributed by atoms with E-state index >= 15 is 0 Å². The average molecular weight is 487 g/mol. The summed E-state index contributed by atoms with van der Waals surface area (Å²) in [5.74, 6) is -0.782. The minimum atomic E-state index is -3.61. The minimum Gasteiger partial charge on any atom is -0.462 e. The van der Waals surface area contributed by atoms with E-state index in [2.05, 4.69) is 14.7 Å². The van der Waals surface area contributed by atoms with Gasteiger partial charge in [0.2, 0.25) is 15.0 Å². The van der Waals surface area contributed by atoms with Crippen LogP contribution in [0.5, 0.6) is 0 Å². The molecule has 1 amide bonds. The Balaban J connectivity index is 1.78. The van der Waals surface area contributed by atoms with Gasteiger partial charge in [0.05, 0.1) is 17.9 Å². The molecule has 2 heterocycles. The van der Waals surface area contributed by atoms with E-state index in [1.54, 1.807) is 49.4 Å². The normalized spacial score (nSPS) is 11.6. The summed E-state index contributed by atoms with van der Waals surface area (Å²) in [5, 5.41) is 11.3.